The number of rotatable bonds is 7. The number of hydrogen-bond acceptors (Lipinski definition) is 3. The Bertz CT molecular complexity index is 569. The molecule has 0 unspecified atom stereocenters. The van der Waals surface area contributed by atoms with E-state index in [0.29, 0.717) is 30.7 Å². The lowest BCUT2D eigenvalue weighted by Gasteiger charge is -2.12. The number of amides is 1. The number of carbonyl (C=O) groups excluding carboxylic acids is 1. The summed E-state index contributed by atoms with van der Waals surface area (Å²) in [6.45, 7) is 0.112. The molecule has 2 N–H and O–H groups in total. The fraction of sp³-hybridized carbons (Fsp3) is 0.235. The van der Waals surface area contributed by atoms with Crippen molar-refractivity contribution < 1.29 is 14.6 Å². The highest BCUT2D eigenvalue weighted by Crippen LogP contribution is 2.29. The van der Waals surface area contributed by atoms with Gasteiger partial charge in [-0.05, 0) is 37.1 Å². The summed E-state index contributed by atoms with van der Waals surface area (Å²) in [6.07, 6.45) is 1.69. The number of anilines is 1. The third kappa shape index (κ3) is 4.93. The third-order valence-corrected chi connectivity index (χ3v) is 2.94. The van der Waals surface area contributed by atoms with Gasteiger partial charge in [-0.1, -0.05) is 30.3 Å². The Morgan fingerprint density at radius 1 is 1.00 bits per heavy atom. The van der Waals surface area contributed by atoms with E-state index in [-0.39, 0.29) is 12.5 Å². The molecule has 0 heterocycles. The number of aliphatic hydroxyl groups excluding tert-OH is 1. The number of benzene rings is 2. The Balaban J connectivity index is 2.01. The quantitative estimate of drug-likeness (QED) is 0.764. The first-order chi connectivity index (χ1) is 10.3. The van der Waals surface area contributed by atoms with Crippen molar-refractivity contribution in [1.29, 1.82) is 0 Å². The van der Waals surface area contributed by atoms with E-state index in [0.717, 1.165) is 5.75 Å². The molecule has 0 saturated heterocycles. The molecule has 0 radical (unpaired) electrons. The molecule has 2 rings (SSSR count). The van der Waals surface area contributed by atoms with Crippen LogP contribution in [0.4, 0.5) is 5.69 Å². The molecule has 2 aromatic rings. The summed E-state index contributed by atoms with van der Waals surface area (Å²) < 4.78 is 5.78. The minimum Gasteiger partial charge on any atom is -0.455 e. The SMILES string of the molecule is O=C(CCCCO)Nc1ccccc1Oc1ccccc1. The van der Waals surface area contributed by atoms with E-state index in [1.54, 1.807) is 0 Å². The second-order valence-electron chi connectivity index (χ2n) is 4.64. The molecular formula is C17H19NO3. The molecule has 1 amide bonds. The summed E-state index contributed by atoms with van der Waals surface area (Å²) in [6, 6.07) is 16.8. The summed E-state index contributed by atoms with van der Waals surface area (Å²) >= 11 is 0. The molecule has 2 aromatic carbocycles. The van der Waals surface area contributed by atoms with Gasteiger partial charge in [-0.2, -0.15) is 0 Å². The van der Waals surface area contributed by atoms with Gasteiger partial charge in [0.05, 0.1) is 5.69 Å². The van der Waals surface area contributed by atoms with Gasteiger partial charge in [0.15, 0.2) is 5.75 Å². The van der Waals surface area contributed by atoms with Crippen LogP contribution in [0.2, 0.25) is 0 Å². The Hall–Kier alpha value is -2.33. The van der Waals surface area contributed by atoms with Gasteiger partial charge in [-0.25, -0.2) is 0 Å². The Labute approximate surface area is 124 Å². The molecule has 0 saturated carbocycles. The smallest absolute Gasteiger partial charge is 0.224 e. The van der Waals surface area contributed by atoms with Crippen molar-refractivity contribution in [2.24, 2.45) is 0 Å². The second-order valence-corrected chi connectivity index (χ2v) is 4.64. The second kappa shape index (κ2) is 8.07. The minimum absolute atomic E-state index is 0.0763. The van der Waals surface area contributed by atoms with Gasteiger partial charge in [0.1, 0.15) is 5.75 Å². The lowest BCUT2D eigenvalue weighted by molar-refractivity contribution is -0.116. The Morgan fingerprint density at radius 2 is 1.71 bits per heavy atom. The van der Waals surface area contributed by atoms with E-state index in [2.05, 4.69) is 5.32 Å². The van der Waals surface area contributed by atoms with E-state index in [1.165, 1.54) is 0 Å². The van der Waals surface area contributed by atoms with E-state index < -0.39 is 0 Å². The van der Waals surface area contributed by atoms with Crippen LogP contribution in [0.15, 0.2) is 54.6 Å². The van der Waals surface area contributed by atoms with Crippen LogP contribution in [-0.2, 0) is 4.79 Å². The molecule has 110 valence electrons. The van der Waals surface area contributed by atoms with Gasteiger partial charge in [0.2, 0.25) is 5.91 Å². The monoisotopic (exact) mass is 285 g/mol. The molecule has 4 nitrogen and oxygen atoms in total. The lowest BCUT2D eigenvalue weighted by atomic mass is 10.2. The van der Waals surface area contributed by atoms with E-state index in [1.807, 2.05) is 54.6 Å². The van der Waals surface area contributed by atoms with Crippen LogP contribution in [0.1, 0.15) is 19.3 Å². The molecule has 0 atom stereocenters. The molecule has 21 heavy (non-hydrogen) atoms. The fourth-order valence-corrected chi connectivity index (χ4v) is 1.88. The number of para-hydroxylation sites is 3. The highest BCUT2D eigenvalue weighted by molar-refractivity contribution is 5.92. The van der Waals surface area contributed by atoms with Crippen LogP contribution < -0.4 is 10.1 Å². The molecule has 0 aliphatic rings. The van der Waals surface area contributed by atoms with Crippen LogP contribution in [0.25, 0.3) is 0 Å². The number of ether oxygens (including phenoxy) is 1. The molecular weight excluding hydrogens is 266 g/mol. The van der Waals surface area contributed by atoms with Gasteiger partial charge in [-0.15, -0.1) is 0 Å². The van der Waals surface area contributed by atoms with Crippen molar-refractivity contribution in [2.45, 2.75) is 19.3 Å². The standard InChI is InChI=1S/C17H19NO3/c19-13-7-6-12-17(20)18-15-10-4-5-11-16(15)21-14-8-2-1-3-9-14/h1-5,8-11,19H,6-7,12-13H2,(H,18,20). The topological polar surface area (TPSA) is 58.6 Å². The van der Waals surface area contributed by atoms with Crippen LogP contribution in [0.3, 0.4) is 0 Å². The van der Waals surface area contributed by atoms with Crippen LogP contribution in [0.5, 0.6) is 11.5 Å². The molecule has 4 heteroatoms. The molecule has 0 aliphatic heterocycles. The number of aliphatic hydroxyl groups is 1. The van der Waals surface area contributed by atoms with Crippen molar-refractivity contribution in [3.8, 4) is 11.5 Å². The van der Waals surface area contributed by atoms with Gasteiger partial charge < -0.3 is 15.2 Å². The first-order valence-corrected chi connectivity index (χ1v) is 7.02. The van der Waals surface area contributed by atoms with Gasteiger partial charge >= 0.3 is 0 Å². The molecule has 0 fully saturated rings. The maximum Gasteiger partial charge on any atom is 0.224 e. The van der Waals surface area contributed by atoms with Gasteiger partial charge in [0.25, 0.3) is 0 Å². The first kappa shape index (κ1) is 15.1. The van der Waals surface area contributed by atoms with E-state index in [4.69, 9.17) is 9.84 Å². The average molecular weight is 285 g/mol. The molecule has 0 aliphatic carbocycles. The summed E-state index contributed by atoms with van der Waals surface area (Å²) in [5, 5.41) is 11.6. The number of carbonyl (C=O) groups is 1. The van der Waals surface area contributed by atoms with Crippen molar-refractivity contribution >= 4 is 11.6 Å². The van der Waals surface area contributed by atoms with Crippen LogP contribution >= 0.6 is 0 Å². The summed E-state index contributed by atoms with van der Waals surface area (Å²) in [4.78, 5) is 11.8. The van der Waals surface area contributed by atoms with E-state index >= 15 is 0 Å². The normalized spacial score (nSPS) is 10.1. The van der Waals surface area contributed by atoms with Crippen molar-refractivity contribution in [2.75, 3.05) is 11.9 Å². The lowest BCUT2D eigenvalue weighted by Crippen LogP contribution is -2.12. The predicted octanol–water partition coefficient (Wildman–Crippen LogP) is 3.58. The van der Waals surface area contributed by atoms with Gasteiger partial charge in [-0.3, -0.25) is 4.79 Å². The highest BCUT2D eigenvalue weighted by atomic mass is 16.5. The fourth-order valence-electron chi connectivity index (χ4n) is 1.88. The largest absolute Gasteiger partial charge is 0.455 e. The van der Waals surface area contributed by atoms with Crippen LogP contribution in [0, 0.1) is 0 Å². The zero-order valence-corrected chi connectivity index (χ0v) is 11.8. The predicted molar refractivity (Wildman–Crippen MR) is 82.5 cm³/mol. The molecule has 0 bridgehead atoms. The maximum absolute atomic E-state index is 11.8. The first-order valence-electron chi connectivity index (χ1n) is 7.02. The highest BCUT2D eigenvalue weighted by Gasteiger charge is 2.08. The Morgan fingerprint density at radius 3 is 2.48 bits per heavy atom. The summed E-state index contributed by atoms with van der Waals surface area (Å²) in [5.41, 5.74) is 0.648. The third-order valence-electron chi connectivity index (χ3n) is 2.94. The molecule has 0 spiro atoms. The van der Waals surface area contributed by atoms with Crippen molar-refractivity contribution in [3.63, 3.8) is 0 Å². The summed E-state index contributed by atoms with van der Waals surface area (Å²) in [5.74, 6) is 1.26. The average Bonchev–Trinajstić information content (AvgIpc) is 2.51. The zero-order chi connectivity index (χ0) is 14.9. The van der Waals surface area contributed by atoms with Crippen molar-refractivity contribution in [3.05, 3.63) is 54.6 Å². The van der Waals surface area contributed by atoms with Crippen molar-refractivity contribution in [1.82, 2.24) is 0 Å². The number of unbranched alkanes of at least 4 members (excludes halogenated alkanes) is 1. The van der Waals surface area contributed by atoms with E-state index in [9.17, 15) is 4.79 Å². The van der Waals surface area contributed by atoms with Crippen LogP contribution in [-0.4, -0.2) is 17.6 Å². The van der Waals surface area contributed by atoms with Gasteiger partial charge in [0, 0.05) is 13.0 Å². The zero-order valence-electron chi connectivity index (χ0n) is 11.8. The Kier molecular flexibility index (Phi) is 5.79. The number of nitrogens with one attached hydrogen (secondary N) is 1. The maximum atomic E-state index is 11.8. The molecule has 0 aromatic heterocycles. The summed E-state index contributed by atoms with van der Waals surface area (Å²) in [7, 11) is 0. The number of hydrogen-bond donors (Lipinski definition) is 2. The minimum atomic E-state index is -0.0763.